The van der Waals surface area contributed by atoms with E-state index >= 15 is 0 Å². The number of piperazine rings is 1. The van der Waals surface area contributed by atoms with Gasteiger partial charge in [0.2, 0.25) is 10.0 Å². The molecule has 0 saturated carbocycles. The van der Waals surface area contributed by atoms with E-state index in [0.717, 1.165) is 56.3 Å². The number of hydrogen-bond donors (Lipinski definition) is 1. The molecular formula is C20H25F2N3O3S. The highest BCUT2D eigenvalue weighted by Gasteiger charge is 2.21. The lowest BCUT2D eigenvalue weighted by molar-refractivity contribution is 0.254. The average Bonchev–Trinajstić information content (AvgIpc) is 2.71. The maximum absolute atomic E-state index is 13.7. The van der Waals surface area contributed by atoms with Crippen molar-refractivity contribution < 1.29 is 21.9 Å². The quantitative estimate of drug-likeness (QED) is 0.659. The van der Waals surface area contributed by atoms with Crippen LogP contribution in [0.15, 0.2) is 47.4 Å². The van der Waals surface area contributed by atoms with Crippen LogP contribution in [0.25, 0.3) is 0 Å². The molecule has 0 spiro atoms. The van der Waals surface area contributed by atoms with E-state index in [0.29, 0.717) is 12.5 Å². The predicted molar refractivity (Wildman–Crippen MR) is 108 cm³/mol. The van der Waals surface area contributed by atoms with Crippen LogP contribution in [0.4, 0.5) is 14.5 Å². The number of ether oxygens (including phenoxy) is 1. The molecule has 3 rings (SSSR count). The van der Waals surface area contributed by atoms with Crippen molar-refractivity contribution in [2.24, 2.45) is 0 Å². The van der Waals surface area contributed by atoms with Crippen LogP contribution in [0.1, 0.15) is 6.42 Å². The standard InChI is InChI=1S/C20H25F2N3O3S/c1-28-19-6-3-2-5-18(19)25-13-11-24(12-14-25)10-4-9-23-29(26,27)20-8-7-16(21)15-17(20)22/h2-3,5-8,15,23H,4,9-14H2,1H3. The smallest absolute Gasteiger partial charge is 0.243 e. The van der Waals surface area contributed by atoms with E-state index in [-0.39, 0.29) is 6.54 Å². The second kappa shape index (κ2) is 9.51. The number of benzene rings is 2. The van der Waals surface area contributed by atoms with Gasteiger partial charge in [-0.15, -0.1) is 0 Å². The number of methoxy groups -OCH3 is 1. The van der Waals surface area contributed by atoms with Gasteiger partial charge in [0.15, 0.2) is 0 Å². The molecule has 0 bridgehead atoms. The van der Waals surface area contributed by atoms with Gasteiger partial charge in [-0.3, -0.25) is 4.90 Å². The first-order valence-electron chi connectivity index (χ1n) is 9.46. The third-order valence-corrected chi connectivity index (χ3v) is 6.42. The van der Waals surface area contributed by atoms with Gasteiger partial charge < -0.3 is 9.64 Å². The molecule has 0 amide bonds. The molecule has 2 aromatic rings. The maximum Gasteiger partial charge on any atom is 0.243 e. The van der Waals surface area contributed by atoms with Gasteiger partial charge in [-0.05, 0) is 37.2 Å². The Morgan fingerprint density at radius 1 is 1.07 bits per heavy atom. The van der Waals surface area contributed by atoms with E-state index in [4.69, 9.17) is 4.74 Å². The molecule has 0 unspecified atom stereocenters. The Kier molecular flexibility index (Phi) is 7.05. The highest BCUT2D eigenvalue weighted by Crippen LogP contribution is 2.28. The van der Waals surface area contributed by atoms with Crippen molar-refractivity contribution in [3.05, 3.63) is 54.1 Å². The zero-order chi connectivity index (χ0) is 20.9. The molecule has 0 radical (unpaired) electrons. The van der Waals surface area contributed by atoms with Crippen LogP contribution in [0, 0.1) is 11.6 Å². The Labute approximate surface area is 170 Å². The molecule has 1 fully saturated rings. The lowest BCUT2D eigenvalue weighted by Crippen LogP contribution is -2.47. The predicted octanol–water partition coefficient (Wildman–Crippen LogP) is 2.46. The molecule has 29 heavy (non-hydrogen) atoms. The summed E-state index contributed by atoms with van der Waals surface area (Å²) in [6, 6.07) is 10.3. The molecule has 1 heterocycles. The summed E-state index contributed by atoms with van der Waals surface area (Å²) >= 11 is 0. The molecule has 1 aliphatic rings. The van der Waals surface area contributed by atoms with Crippen LogP contribution in [0.3, 0.4) is 0 Å². The van der Waals surface area contributed by atoms with E-state index in [1.54, 1.807) is 7.11 Å². The molecule has 0 aromatic heterocycles. The van der Waals surface area contributed by atoms with Crippen LogP contribution < -0.4 is 14.4 Å². The van der Waals surface area contributed by atoms with Gasteiger partial charge in [0.25, 0.3) is 0 Å². The third kappa shape index (κ3) is 5.43. The van der Waals surface area contributed by atoms with Crippen molar-refractivity contribution in [1.29, 1.82) is 0 Å². The van der Waals surface area contributed by atoms with Crippen molar-refractivity contribution >= 4 is 15.7 Å². The third-order valence-electron chi connectivity index (χ3n) is 4.92. The number of halogens is 2. The monoisotopic (exact) mass is 425 g/mol. The Balaban J connectivity index is 1.44. The van der Waals surface area contributed by atoms with Gasteiger partial charge >= 0.3 is 0 Å². The number of hydrogen-bond acceptors (Lipinski definition) is 5. The molecule has 158 valence electrons. The minimum Gasteiger partial charge on any atom is -0.495 e. The molecule has 1 aliphatic heterocycles. The van der Waals surface area contributed by atoms with E-state index in [1.807, 2.05) is 24.3 Å². The first-order valence-corrected chi connectivity index (χ1v) is 10.9. The fourth-order valence-corrected chi connectivity index (χ4v) is 4.51. The zero-order valence-electron chi connectivity index (χ0n) is 16.3. The molecule has 1 N–H and O–H groups in total. The van der Waals surface area contributed by atoms with E-state index in [1.165, 1.54) is 0 Å². The van der Waals surface area contributed by atoms with Crippen LogP contribution in [-0.4, -0.2) is 59.7 Å². The van der Waals surface area contributed by atoms with Gasteiger partial charge in [0, 0.05) is 38.8 Å². The Morgan fingerprint density at radius 2 is 1.79 bits per heavy atom. The SMILES string of the molecule is COc1ccccc1N1CCN(CCCNS(=O)(=O)c2ccc(F)cc2F)CC1. The Morgan fingerprint density at radius 3 is 2.48 bits per heavy atom. The largest absolute Gasteiger partial charge is 0.495 e. The van der Waals surface area contributed by atoms with Gasteiger partial charge in [0.1, 0.15) is 22.3 Å². The summed E-state index contributed by atoms with van der Waals surface area (Å²) in [7, 11) is -2.33. The van der Waals surface area contributed by atoms with Gasteiger partial charge in [-0.2, -0.15) is 0 Å². The lowest BCUT2D eigenvalue weighted by Gasteiger charge is -2.36. The fraction of sp³-hybridized carbons (Fsp3) is 0.400. The maximum atomic E-state index is 13.7. The summed E-state index contributed by atoms with van der Waals surface area (Å²) in [5.74, 6) is -1.05. The summed E-state index contributed by atoms with van der Waals surface area (Å²) in [6.45, 7) is 4.34. The van der Waals surface area contributed by atoms with Crippen LogP contribution in [-0.2, 0) is 10.0 Å². The summed E-state index contributed by atoms with van der Waals surface area (Å²) in [4.78, 5) is 4.00. The van der Waals surface area contributed by atoms with Crippen LogP contribution >= 0.6 is 0 Å². The summed E-state index contributed by atoms with van der Waals surface area (Å²) in [5, 5.41) is 0. The van der Waals surface area contributed by atoms with Crippen LogP contribution in [0.5, 0.6) is 5.75 Å². The second-order valence-corrected chi connectivity index (χ2v) is 8.56. The van der Waals surface area contributed by atoms with Gasteiger partial charge in [-0.25, -0.2) is 21.9 Å². The van der Waals surface area contributed by atoms with Crippen molar-refractivity contribution in [3.63, 3.8) is 0 Å². The number of rotatable bonds is 8. The Hall–Kier alpha value is -2.23. The van der Waals surface area contributed by atoms with E-state index in [9.17, 15) is 17.2 Å². The Bertz CT molecular complexity index is 932. The van der Waals surface area contributed by atoms with Crippen molar-refractivity contribution in [2.45, 2.75) is 11.3 Å². The first kappa shape index (κ1) is 21.5. The van der Waals surface area contributed by atoms with Crippen molar-refractivity contribution in [3.8, 4) is 5.75 Å². The minimum atomic E-state index is -4.00. The average molecular weight is 426 g/mol. The molecule has 0 aliphatic carbocycles. The van der Waals surface area contributed by atoms with E-state index < -0.39 is 26.6 Å². The number of anilines is 1. The summed E-state index contributed by atoms with van der Waals surface area (Å²) in [6.07, 6.45) is 0.594. The topological polar surface area (TPSA) is 61.9 Å². The fourth-order valence-electron chi connectivity index (χ4n) is 3.38. The van der Waals surface area contributed by atoms with Gasteiger partial charge in [0.05, 0.1) is 12.8 Å². The molecule has 6 nitrogen and oxygen atoms in total. The highest BCUT2D eigenvalue weighted by atomic mass is 32.2. The molecular weight excluding hydrogens is 400 g/mol. The number of nitrogens with one attached hydrogen (secondary N) is 1. The number of para-hydroxylation sites is 2. The molecule has 0 atom stereocenters. The van der Waals surface area contributed by atoms with Crippen LogP contribution in [0.2, 0.25) is 0 Å². The molecule has 2 aromatic carbocycles. The lowest BCUT2D eigenvalue weighted by atomic mass is 10.2. The summed E-state index contributed by atoms with van der Waals surface area (Å²) in [5.41, 5.74) is 1.07. The van der Waals surface area contributed by atoms with E-state index in [2.05, 4.69) is 14.5 Å². The van der Waals surface area contributed by atoms with Gasteiger partial charge in [-0.1, -0.05) is 12.1 Å². The summed E-state index contributed by atoms with van der Waals surface area (Å²) < 4.78 is 58.8. The number of sulfonamides is 1. The number of nitrogens with zero attached hydrogens (tertiary/aromatic N) is 2. The highest BCUT2D eigenvalue weighted by molar-refractivity contribution is 7.89. The second-order valence-electron chi connectivity index (χ2n) is 6.83. The van der Waals surface area contributed by atoms with Crippen molar-refractivity contribution in [2.75, 3.05) is 51.3 Å². The molecule has 1 saturated heterocycles. The zero-order valence-corrected chi connectivity index (χ0v) is 17.1. The molecule has 9 heteroatoms. The first-order chi connectivity index (χ1) is 13.9. The minimum absolute atomic E-state index is 0.186. The van der Waals surface area contributed by atoms with Crippen molar-refractivity contribution in [1.82, 2.24) is 9.62 Å². The normalized spacial score (nSPS) is 15.5.